The molecule has 0 aromatic rings. The van der Waals surface area contributed by atoms with E-state index in [2.05, 4.69) is 13.0 Å². The molecule has 0 amide bonds. The van der Waals surface area contributed by atoms with Crippen molar-refractivity contribution in [1.29, 1.82) is 0 Å². The third-order valence-corrected chi connectivity index (χ3v) is 16.6. The van der Waals surface area contributed by atoms with Crippen LogP contribution in [0, 0.1) is 28.6 Å². The first-order valence-electron chi connectivity index (χ1n) is 23.0. The number of hydrogen-bond acceptors (Lipinski definition) is 15. The van der Waals surface area contributed by atoms with Crippen LogP contribution in [0.1, 0.15) is 113 Å². The molecule has 0 bridgehead atoms. The molecule has 3 saturated heterocycles. The van der Waals surface area contributed by atoms with Gasteiger partial charge in [-0.05, 0) is 104 Å². The van der Waals surface area contributed by atoms with Crippen molar-refractivity contribution >= 4 is 11.8 Å². The number of Topliss-reactive ketones (excluding diaryl/α,β-unsaturated/α-hetero) is 1. The molecule has 15 heteroatoms. The summed E-state index contributed by atoms with van der Waals surface area (Å²) in [5.41, 5.74) is -0.439. The predicted molar refractivity (Wildman–Crippen MR) is 223 cm³/mol. The number of esters is 1. The Morgan fingerprint density at radius 3 is 2.00 bits per heavy atom. The highest BCUT2D eigenvalue weighted by Gasteiger charge is 2.71. The maximum Gasteiger partial charge on any atom is 0.333 e. The Labute approximate surface area is 367 Å². The minimum atomic E-state index is -1.22. The highest BCUT2D eigenvalue weighted by atomic mass is 16.8. The second kappa shape index (κ2) is 18.8. The molecule has 4 aliphatic carbocycles. The number of fused-ring (bicyclic) bond motifs is 5. The van der Waals surface area contributed by atoms with Gasteiger partial charge in [0.2, 0.25) is 0 Å². The van der Waals surface area contributed by atoms with Crippen LogP contribution < -0.4 is 0 Å². The van der Waals surface area contributed by atoms with Gasteiger partial charge in [-0.25, -0.2) is 4.79 Å². The molecule has 0 spiro atoms. The summed E-state index contributed by atoms with van der Waals surface area (Å²) in [5, 5.41) is 34.1. The molecule has 0 aromatic heterocycles. The van der Waals surface area contributed by atoms with E-state index >= 15 is 0 Å². The highest BCUT2D eigenvalue weighted by Crippen LogP contribution is 2.68. The highest BCUT2D eigenvalue weighted by molar-refractivity contribution is 5.88. The van der Waals surface area contributed by atoms with E-state index in [4.69, 9.17) is 47.4 Å². The third kappa shape index (κ3) is 8.42. The summed E-state index contributed by atoms with van der Waals surface area (Å²) in [4.78, 5) is 26.4. The summed E-state index contributed by atoms with van der Waals surface area (Å²) < 4.78 is 61.8. The van der Waals surface area contributed by atoms with Gasteiger partial charge in [-0.15, -0.1) is 0 Å². The first-order valence-corrected chi connectivity index (χ1v) is 23.0. The molecule has 3 aliphatic heterocycles. The third-order valence-electron chi connectivity index (χ3n) is 16.6. The van der Waals surface area contributed by atoms with E-state index in [1.54, 1.807) is 41.1 Å². The number of aliphatic hydroxyl groups is 3. The lowest BCUT2D eigenvalue weighted by molar-refractivity contribution is -0.352. The van der Waals surface area contributed by atoms with Gasteiger partial charge >= 0.3 is 5.97 Å². The summed E-state index contributed by atoms with van der Waals surface area (Å²) in [6.45, 7) is 15.0. The molecule has 352 valence electrons. The normalized spacial score (nSPS) is 49.6. The van der Waals surface area contributed by atoms with Crippen molar-refractivity contribution in [2.45, 2.75) is 211 Å². The van der Waals surface area contributed by atoms with Crippen LogP contribution in [-0.4, -0.2) is 146 Å². The van der Waals surface area contributed by atoms with Gasteiger partial charge in [-0.2, -0.15) is 0 Å². The van der Waals surface area contributed by atoms with Gasteiger partial charge in [-0.1, -0.05) is 31.6 Å². The van der Waals surface area contributed by atoms with Crippen LogP contribution >= 0.6 is 0 Å². The zero-order valence-electron chi connectivity index (χ0n) is 38.7. The lowest BCUT2D eigenvalue weighted by atomic mass is 9.45. The first-order chi connectivity index (χ1) is 29.3. The fraction of sp³-hybridized carbons (Fsp3) is 0.872. The Bertz CT molecular complexity index is 1670. The predicted octanol–water partition coefficient (Wildman–Crippen LogP) is 4.69. The van der Waals surface area contributed by atoms with E-state index in [1.165, 1.54) is 12.7 Å². The van der Waals surface area contributed by atoms with Gasteiger partial charge in [0.15, 0.2) is 18.9 Å². The van der Waals surface area contributed by atoms with Crippen LogP contribution in [0.2, 0.25) is 0 Å². The van der Waals surface area contributed by atoms with Crippen molar-refractivity contribution in [2.24, 2.45) is 28.6 Å². The lowest BCUT2D eigenvalue weighted by Gasteiger charge is -2.63. The van der Waals surface area contributed by atoms with Crippen molar-refractivity contribution in [3.8, 4) is 0 Å². The minimum absolute atomic E-state index is 0.0391. The summed E-state index contributed by atoms with van der Waals surface area (Å²) >= 11 is 0. The van der Waals surface area contributed by atoms with E-state index in [1.807, 2.05) is 27.7 Å². The van der Waals surface area contributed by atoms with Gasteiger partial charge in [-0.3, -0.25) is 4.79 Å². The van der Waals surface area contributed by atoms with E-state index in [-0.39, 0.29) is 41.2 Å². The molecule has 21 atom stereocenters. The van der Waals surface area contributed by atoms with Gasteiger partial charge in [0.05, 0.1) is 42.2 Å². The smallest absolute Gasteiger partial charge is 0.333 e. The number of aliphatic hydroxyl groups excluding tert-OH is 2. The Morgan fingerprint density at radius 1 is 0.774 bits per heavy atom. The topological polar surface area (TPSA) is 187 Å². The lowest BCUT2D eigenvalue weighted by Crippen LogP contribution is -2.66. The molecule has 0 radical (unpaired) electrons. The molecule has 3 N–H and O–H groups in total. The van der Waals surface area contributed by atoms with Crippen LogP contribution in [-0.2, 0) is 57.0 Å². The molecule has 7 aliphatic rings. The minimum Gasteiger partial charge on any atom is -0.458 e. The molecule has 7 rings (SSSR count). The van der Waals surface area contributed by atoms with Crippen molar-refractivity contribution in [1.82, 2.24) is 0 Å². The maximum absolute atomic E-state index is 13.3. The van der Waals surface area contributed by atoms with Gasteiger partial charge in [0.25, 0.3) is 0 Å². The zero-order chi connectivity index (χ0) is 45.1. The average Bonchev–Trinajstić information content (AvgIpc) is 3.53. The number of hydrogen-bond donors (Lipinski definition) is 3. The molecule has 3 heterocycles. The van der Waals surface area contributed by atoms with Gasteiger partial charge in [0, 0.05) is 51.1 Å². The van der Waals surface area contributed by atoms with Gasteiger partial charge in [0.1, 0.15) is 42.4 Å². The summed E-state index contributed by atoms with van der Waals surface area (Å²) in [5.74, 6) is -0.727. The zero-order valence-corrected chi connectivity index (χ0v) is 38.7. The van der Waals surface area contributed by atoms with E-state index < -0.39 is 96.9 Å². The summed E-state index contributed by atoms with van der Waals surface area (Å²) in [6.07, 6.45) is 0.173. The Kier molecular flexibility index (Phi) is 14.6. The first kappa shape index (κ1) is 48.1. The summed E-state index contributed by atoms with van der Waals surface area (Å²) in [6, 6.07) is 0. The van der Waals surface area contributed by atoms with Crippen molar-refractivity contribution in [3.05, 3.63) is 23.3 Å². The average molecular weight is 879 g/mol. The number of ketones is 1. The Balaban J connectivity index is 0.980. The maximum atomic E-state index is 13.3. The quantitative estimate of drug-likeness (QED) is 0.139. The van der Waals surface area contributed by atoms with Crippen LogP contribution in [0.15, 0.2) is 23.3 Å². The summed E-state index contributed by atoms with van der Waals surface area (Å²) in [7, 11) is 4.68. The molecular weight excluding hydrogens is 805 g/mol. The van der Waals surface area contributed by atoms with Crippen molar-refractivity contribution in [2.75, 3.05) is 21.3 Å². The second-order valence-electron chi connectivity index (χ2n) is 19.8. The molecule has 6 fully saturated rings. The van der Waals surface area contributed by atoms with Crippen LogP contribution in [0.3, 0.4) is 0 Å². The largest absolute Gasteiger partial charge is 0.458 e. The standard InChI is InChI=1S/C47H74O15/c1-12-23(2)43(51)60-35-20-32-31(47(52)18-16-30(24(3)48)46(35,47)8)14-13-28-19-29(15-17-45(28,32)7)59-36-21-33(53-9)40(26(5)56-36)61-37-22-34(54-10)41(27(6)57-37)62-44-39(50)42(55-11)38(49)25(4)58-44/h12-13,25-27,29-42,44,49-50,52H,14-22H2,1-11H3/t25?,26?,27?,29?,30?,31?,32?,33?,34?,35?,36-,37-,38+,39-,40+,41+,42?,44-,45?,46?,47?/m0/s1. The molecule has 14 unspecified atom stereocenters. The fourth-order valence-corrected chi connectivity index (χ4v) is 12.8. The van der Waals surface area contributed by atoms with Crippen molar-refractivity contribution < 1.29 is 72.3 Å². The molecule has 62 heavy (non-hydrogen) atoms. The SMILES string of the molecule is CC=C(C)C(=O)OC1CC2C(CC=C3CC(O[C@H]4CC(OC)[C@H](O[C@H]5CC(OC)[C@H](O[C@@H]6OC(C)[C@@H](O)C(OC)[C@@H]6O)C(C)O5)C(C)O4)CCC32C)C2(O)CCC(C(C)=O)C12C. The van der Waals surface area contributed by atoms with Crippen LogP contribution in [0.25, 0.3) is 0 Å². The Morgan fingerprint density at radius 2 is 1.40 bits per heavy atom. The fourth-order valence-electron chi connectivity index (χ4n) is 12.8. The van der Waals surface area contributed by atoms with Crippen molar-refractivity contribution in [3.63, 3.8) is 0 Å². The van der Waals surface area contributed by atoms with E-state index in [9.17, 15) is 24.9 Å². The number of rotatable bonds is 12. The number of ether oxygens (including phenoxy) is 10. The van der Waals surface area contributed by atoms with E-state index in [0.29, 0.717) is 44.1 Å². The number of allylic oxidation sites excluding steroid dienone is 2. The van der Waals surface area contributed by atoms with Crippen LogP contribution in [0.4, 0.5) is 0 Å². The van der Waals surface area contributed by atoms with Gasteiger partial charge < -0.3 is 62.7 Å². The monoisotopic (exact) mass is 879 g/mol. The van der Waals surface area contributed by atoms with E-state index in [0.717, 1.165) is 19.3 Å². The molecular formula is C47H74O15. The van der Waals surface area contributed by atoms with Crippen LogP contribution in [0.5, 0.6) is 0 Å². The molecule has 15 nitrogen and oxygen atoms in total. The molecule has 3 saturated carbocycles. The second-order valence-corrected chi connectivity index (χ2v) is 19.8. The number of carbonyl (C=O) groups is 2. The number of methoxy groups -OCH3 is 3. The Hall–Kier alpha value is -1.86. The molecule has 0 aromatic carbocycles. The number of carbonyl (C=O) groups excluding carboxylic acids is 2.